The SMILES string of the molecule is CCCCCCCCCC(S)(C#N)[Si]=C(O)C(O)OC. The van der Waals surface area contributed by atoms with Crippen LogP contribution in [0.15, 0.2) is 0 Å². The number of rotatable bonds is 11. The minimum absolute atomic E-state index is 0.216. The van der Waals surface area contributed by atoms with Gasteiger partial charge in [0.15, 0.2) is 0 Å². The Morgan fingerprint density at radius 3 is 2.35 bits per heavy atom. The summed E-state index contributed by atoms with van der Waals surface area (Å²) in [7, 11) is 1.05. The fourth-order valence-corrected chi connectivity index (χ4v) is 3.39. The number of nitrogens with zero attached hydrogens (tertiary/aromatic N) is 1. The minimum atomic E-state index is -1.33. The molecule has 0 rings (SSSR count). The number of thiol groups is 1. The van der Waals surface area contributed by atoms with Crippen LogP contribution in [-0.2, 0) is 4.74 Å². The molecule has 0 amide bonds. The molecule has 0 spiro atoms. The van der Waals surface area contributed by atoms with E-state index in [1.807, 2.05) is 0 Å². The predicted octanol–water partition coefficient (Wildman–Crippen LogP) is 2.45. The summed E-state index contributed by atoms with van der Waals surface area (Å²) < 4.78 is 3.71. The van der Waals surface area contributed by atoms with Crippen molar-refractivity contribution in [3.05, 3.63) is 0 Å². The van der Waals surface area contributed by atoms with E-state index in [-0.39, 0.29) is 14.5 Å². The van der Waals surface area contributed by atoms with Crippen LogP contribution >= 0.6 is 12.6 Å². The van der Waals surface area contributed by atoms with Crippen LogP contribution in [-0.4, -0.2) is 42.5 Å². The molecule has 0 aliphatic heterocycles. The molecule has 0 bridgehead atoms. The summed E-state index contributed by atoms with van der Waals surface area (Å²) in [5.74, 6) is 0. The van der Waals surface area contributed by atoms with Gasteiger partial charge >= 0.3 is 0 Å². The first kappa shape index (κ1) is 19.6. The molecule has 0 fully saturated rings. The number of ether oxygens (including phenoxy) is 1. The van der Waals surface area contributed by atoms with Gasteiger partial charge in [-0.25, -0.2) is 0 Å². The summed E-state index contributed by atoms with van der Waals surface area (Å²) in [4.78, 5) is 0. The van der Waals surface area contributed by atoms with Crippen LogP contribution in [0.5, 0.6) is 0 Å². The van der Waals surface area contributed by atoms with Gasteiger partial charge in [-0.2, -0.15) is 17.9 Å². The second-order valence-electron chi connectivity index (χ2n) is 4.94. The molecule has 6 heteroatoms. The van der Waals surface area contributed by atoms with Crippen molar-refractivity contribution in [1.82, 2.24) is 0 Å². The van der Waals surface area contributed by atoms with Crippen LogP contribution in [0, 0.1) is 11.3 Å². The summed E-state index contributed by atoms with van der Waals surface area (Å²) in [5.41, 5.74) is 0. The van der Waals surface area contributed by atoms with E-state index in [4.69, 9.17) is 0 Å². The van der Waals surface area contributed by atoms with E-state index in [1.165, 1.54) is 39.2 Å². The lowest BCUT2D eigenvalue weighted by Gasteiger charge is -2.17. The van der Waals surface area contributed by atoms with Gasteiger partial charge in [-0.1, -0.05) is 51.9 Å². The van der Waals surface area contributed by atoms with Gasteiger partial charge in [-0.15, -0.1) is 0 Å². The standard InChI is InChI=1S/C14H26NO3SSi/c1-3-4-5-6-7-8-9-10-14(19,11-15)20-13(17)12(16)18-2/h12,16-17,19H,3-10H2,1-2H3. The highest BCUT2D eigenvalue weighted by atomic mass is 32.1. The average Bonchev–Trinajstić information content (AvgIpc) is 2.45. The third kappa shape index (κ3) is 8.75. The topological polar surface area (TPSA) is 73.5 Å². The van der Waals surface area contributed by atoms with Crippen LogP contribution in [0.3, 0.4) is 0 Å². The maximum atomic E-state index is 9.64. The molecule has 0 aromatic carbocycles. The van der Waals surface area contributed by atoms with Gasteiger partial charge in [0.05, 0.1) is 6.07 Å². The Labute approximate surface area is 130 Å². The van der Waals surface area contributed by atoms with Crippen molar-refractivity contribution in [3.8, 4) is 6.07 Å². The zero-order valence-electron chi connectivity index (χ0n) is 12.4. The van der Waals surface area contributed by atoms with Crippen molar-refractivity contribution < 1.29 is 14.9 Å². The van der Waals surface area contributed by atoms with E-state index in [1.54, 1.807) is 0 Å². The second kappa shape index (κ2) is 11.3. The average molecular weight is 317 g/mol. The third-order valence-corrected chi connectivity index (χ3v) is 5.06. The summed E-state index contributed by atoms with van der Waals surface area (Å²) in [6.07, 6.45) is 7.48. The predicted molar refractivity (Wildman–Crippen MR) is 85.7 cm³/mol. The number of unbranched alkanes of at least 4 members (excludes halogenated alkanes) is 6. The molecular formula is C14H26NO3SSi. The molecule has 0 aliphatic carbocycles. The monoisotopic (exact) mass is 316 g/mol. The Bertz CT molecular complexity index is 333. The van der Waals surface area contributed by atoms with E-state index in [0.29, 0.717) is 6.42 Å². The summed E-state index contributed by atoms with van der Waals surface area (Å²) in [6, 6.07) is 2.13. The number of hydrogen-bond acceptors (Lipinski definition) is 5. The Morgan fingerprint density at radius 1 is 1.30 bits per heavy atom. The summed E-state index contributed by atoms with van der Waals surface area (Å²) >= 11 is 4.35. The Kier molecular flexibility index (Phi) is 11.1. The molecule has 20 heavy (non-hydrogen) atoms. The zero-order chi connectivity index (χ0) is 15.4. The van der Waals surface area contributed by atoms with Gasteiger partial charge in [0.1, 0.15) is 18.9 Å². The van der Waals surface area contributed by atoms with E-state index < -0.39 is 10.7 Å². The maximum absolute atomic E-state index is 9.64. The van der Waals surface area contributed by atoms with Crippen LogP contribution in [0.25, 0.3) is 0 Å². The second-order valence-corrected chi connectivity index (χ2v) is 7.74. The Balaban J connectivity index is 4.10. The minimum Gasteiger partial charge on any atom is -0.513 e. The van der Waals surface area contributed by atoms with E-state index in [0.717, 1.165) is 12.8 Å². The van der Waals surface area contributed by atoms with E-state index in [9.17, 15) is 15.5 Å². The smallest absolute Gasteiger partial charge is 0.208 e. The normalized spacial score (nSPS) is 16.4. The molecule has 1 radical (unpaired) electrons. The molecule has 4 nitrogen and oxygen atoms in total. The van der Waals surface area contributed by atoms with Gasteiger partial charge < -0.3 is 14.9 Å². The lowest BCUT2D eigenvalue weighted by molar-refractivity contribution is -0.0290. The van der Waals surface area contributed by atoms with E-state index in [2.05, 4.69) is 30.4 Å². The summed E-state index contributed by atoms with van der Waals surface area (Å²) in [5, 5.41) is 27.9. The number of nitriles is 1. The quantitative estimate of drug-likeness (QED) is 0.237. The largest absolute Gasteiger partial charge is 0.513 e. The van der Waals surface area contributed by atoms with Crippen molar-refractivity contribution in [2.24, 2.45) is 0 Å². The van der Waals surface area contributed by atoms with Gasteiger partial charge in [0, 0.05) is 7.11 Å². The molecular weight excluding hydrogens is 290 g/mol. The molecule has 2 N–H and O–H groups in total. The van der Waals surface area contributed by atoms with Gasteiger partial charge in [0.25, 0.3) is 0 Å². The van der Waals surface area contributed by atoms with Crippen molar-refractivity contribution in [3.63, 3.8) is 0 Å². The Hall–Kier alpha value is -0.353. The van der Waals surface area contributed by atoms with E-state index >= 15 is 0 Å². The van der Waals surface area contributed by atoms with Crippen LogP contribution < -0.4 is 0 Å². The molecule has 115 valence electrons. The van der Waals surface area contributed by atoms with Crippen LogP contribution in [0.4, 0.5) is 0 Å². The molecule has 2 unspecified atom stereocenters. The first-order valence-electron chi connectivity index (χ1n) is 7.17. The van der Waals surface area contributed by atoms with Crippen molar-refractivity contribution in [1.29, 1.82) is 5.26 Å². The van der Waals surface area contributed by atoms with Crippen molar-refractivity contribution >= 4 is 27.1 Å². The molecule has 0 saturated heterocycles. The molecule has 2 atom stereocenters. The third-order valence-electron chi connectivity index (χ3n) is 3.12. The van der Waals surface area contributed by atoms with Crippen molar-refractivity contribution in [2.45, 2.75) is 69.0 Å². The molecule has 0 saturated carbocycles. The molecule has 0 aromatic rings. The summed E-state index contributed by atoms with van der Waals surface area (Å²) in [6.45, 7) is 2.19. The number of aliphatic hydroxyl groups is 2. The van der Waals surface area contributed by atoms with Gasteiger partial charge in [-0.3, -0.25) is 0 Å². The van der Waals surface area contributed by atoms with Crippen LogP contribution in [0.2, 0.25) is 0 Å². The number of hydrogen-bond donors (Lipinski definition) is 3. The molecule has 0 aliphatic rings. The van der Waals surface area contributed by atoms with Crippen molar-refractivity contribution in [2.75, 3.05) is 7.11 Å². The lowest BCUT2D eigenvalue weighted by atomic mass is 10.1. The molecule has 0 heterocycles. The molecule has 0 aromatic heterocycles. The lowest BCUT2D eigenvalue weighted by Crippen LogP contribution is -2.34. The first-order chi connectivity index (χ1) is 9.49. The number of methoxy groups -OCH3 is 1. The van der Waals surface area contributed by atoms with Gasteiger partial charge in [-0.05, 0) is 6.42 Å². The zero-order valence-corrected chi connectivity index (χ0v) is 14.3. The maximum Gasteiger partial charge on any atom is 0.208 e. The van der Waals surface area contributed by atoms with Crippen LogP contribution in [0.1, 0.15) is 58.3 Å². The van der Waals surface area contributed by atoms with Gasteiger partial charge in [0.2, 0.25) is 6.29 Å². The highest BCUT2D eigenvalue weighted by Gasteiger charge is 2.25. The highest BCUT2D eigenvalue weighted by Crippen LogP contribution is 2.20. The highest BCUT2D eigenvalue weighted by molar-refractivity contribution is 7.83. The fraction of sp³-hybridized carbons (Fsp3) is 0.857. The number of aliphatic hydroxyl groups excluding tert-OH is 2. The first-order valence-corrected chi connectivity index (χ1v) is 8.62. The Morgan fingerprint density at radius 2 is 1.85 bits per heavy atom. The fourth-order valence-electron chi connectivity index (χ4n) is 1.87.